The molecule has 1 aliphatic rings. The van der Waals surface area contributed by atoms with Gasteiger partial charge in [-0.3, -0.25) is 9.59 Å². The molecular formula is C20H17N3O2. The molecule has 2 aromatic carbocycles. The Bertz CT molecular complexity index is 973. The SMILES string of the molecule is O=C1NC(Cc2ccccc2)C(=O)N/C1=C\c1c[nH]c2ccccc12. The van der Waals surface area contributed by atoms with Gasteiger partial charge in [0.15, 0.2) is 0 Å². The Morgan fingerprint density at radius 2 is 1.72 bits per heavy atom. The zero-order chi connectivity index (χ0) is 17.2. The summed E-state index contributed by atoms with van der Waals surface area (Å²) >= 11 is 0. The number of aromatic amines is 1. The molecule has 1 saturated heterocycles. The van der Waals surface area contributed by atoms with Crippen LogP contribution in [-0.2, 0) is 16.0 Å². The number of rotatable bonds is 3. The van der Waals surface area contributed by atoms with Crippen molar-refractivity contribution in [1.29, 1.82) is 0 Å². The number of benzene rings is 2. The molecule has 0 bridgehead atoms. The predicted octanol–water partition coefficient (Wildman–Crippen LogP) is 2.37. The number of carbonyl (C=O) groups is 2. The molecular weight excluding hydrogens is 314 g/mol. The molecule has 1 aromatic heterocycles. The topological polar surface area (TPSA) is 74.0 Å². The number of aromatic nitrogens is 1. The van der Waals surface area contributed by atoms with Gasteiger partial charge in [0.25, 0.3) is 5.91 Å². The van der Waals surface area contributed by atoms with E-state index in [-0.39, 0.29) is 17.5 Å². The largest absolute Gasteiger partial charge is 0.361 e. The van der Waals surface area contributed by atoms with E-state index in [2.05, 4.69) is 15.6 Å². The van der Waals surface area contributed by atoms with Crippen LogP contribution in [0.5, 0.6) is 0 Å². The Morgan fingerprint density at radius 1 is 0.960 bits per heavy atom. The average molecular weight is 331 g/mol. The fourth-order valence-electron chi connectivity index (χ4n) is 3.04. The Hall–Kier alpha value is -3.34. The number of nitrogens with one attached hydrogen (secondary N) is 3. The van der Waals surface area contributed by atoms with Gasteiger partial charge in [-0.15, -0.1) is 0 Å². The third kappa shape index (κ3) is 3.04. The molecule has 2 amide bonds. The lowest BCUT2D eigenvalue weighted by atomic mass is 10.0. The van der Waals surface area contributed by atoms with Crippen molar-refractivity contribution >= 4 is 28.8 Å². The van der Waals surface area contributed by atoms with Crippen LogP contribution in [0.1, 0.15) is 11.1 Å². The Morgan fingerprint density at radius 3 is 2.56 bits per heavy atom. The van der Waals surface area contributed by atoms with Gasteiger partial charge in [0.1, 0.15) is 11.7 Å². The Balaban J connectivity index is 1.56. The van der Waals surface area contributed by atoms with Crippen molar-refractivity contribution in [3.05, 3.63) is 77.6 Å². The van der Waals surface area contributed by atoms with E-state index in [0.717, 1.165) is 22.0 Å². The third-order valence-electron chi connectivity index (χ3n) is 4.33. The first-order valence-electron chi connectivity index (χ1n) is 8.14. The molecule has 25 heavy (non-hydrogen) atoms. The number of carbonyl (C=O) groups excluding carboxylic acids is 2. The molecule has 0 spiro atoms. The van der Waals surface area contributed by atoms with Crippen molar-refractivity contribution in [2.45, 2.75) is 12.5 Å². The van der Waals surface area contributed by atoms with Crippen molar-refractivity contribution in [2.75, 3.05) is 0 Å². The molecule has 124 valence electrons. The lowest BCUT2D eigenvalue weighted by molar-refractivity contribution is -0.131. The second-order valence-electron chi connectivity index (χ2n) is 6.05. The summed E-state index contributed by atoms with van der Waals surface area (Å²) in [6.45, 7) is 0. The lowest BCUT2D eigenvalue weighted by Gasteiger charge is -2.25. The highest BCUT2D eigenvalue weighted by Crippen LogP contribution is 2.20. The average Bonchev–Trinajstić information content (AvgIpc) is 3.03. The minimum atomic E-state index is -0.560. The first-order chi connectivity index (χ1) is 12.2. The highest BCUT2D eigenvalue weighted by Gasteiger charge is 2.29. The molecule has 1 aliphatic heterocycles. The van der Waals surface area contributed by atoms with Crippen LogP contribution in [0.4, 0.5) is 0 Å². The smallest absolute Gasteiger partial charge is 0.268 e. The maximum atomic E-state index is 12.4. The first kappa shape index (κ1) is 15.2. The monoisotopic (exact) mass is 331 g/mol. The number of piperazine rings is 1. The minimum absolute atomic E-state index is 0.199. The van der Waals surface area contributed by atoms with Gasteiger partial charge in [-0.1, -0.05) is 48.5 Å². The summed E-state index contributed by atoms with van der Waals surface area (Å²) in [5.74, 6) is -0.472. The number of hydrogen-bond acceptors (Lipinski definition) is 2. The van der Waals surface area contributed by atoms with E-state index in [9.17, 15) is 9.59 Å². The van der Waals surface area contributed by atoms with Crippen LogP contribution in [0.25, 0.3) is 17.0 Å². The molecule has 5 heteroatoms. The zero-order valence-electron chi connectivity index (χ0n) is 13.5. The number of hydrogen-bond donors (Lipinski definition) is 3. The maximum Gasteiger partial charge on any atom is 0.268 e. The first-order valence-corrected chi connectivity index (χ1v) is 8.14. The fraction of sp³-hybridized carbons (Fsp3) is 0.100. The summed E-state index contributed by atoms with van der Waals surface area (Å²) < 4.78 is 0. The fourth-order valence-corrected chi connectivity index (χ4v) is 3.04. The summed E-state index contributed by atoms with van der Waals surface area (Å²) in [6, 6.07) is 16.9. The molecule has 3 N–H and O–H groups in total. The summed E-state index contributed by atoms with van der Waals surface area (Å²) in [6.07, 6.45) is 4.00. The van der Waals surface area contributed by atoms with Gasteiger partial charge < -0.3 is 15.6 Å². The molecule has 0 saturated carbocycles. The molecule has 2 heterocycles. The van der Waals surface area contributed by atoms with Gasteiger partial charge in [0.05, 0.1) is 0 Å². The second-order valence-corrected chi connectivity index (χ2v) is 6.05. The van der Waals surface area contributed by atoms with Gasteiger partial charge in [-0.25, -0.2) is 0 Å². The summed E-state index contributed by atoms with van der Waals surface area (Å²) in [5.41, 5.74) is 3.12. The van der Waals surface area contributed by atoms with E-state index >= 15 is 0 Å². The Labute approximate surface area is 144 Å². The van der Waals surface area contributed by atoms with Crippen LogP contribution in [0.15, 0.2) is 66.5 Å². The van der Waals surface area contributed by atoms with Crippen molar-refractivity contribution in [3.63, 3.8) is 0 Å². The third-order valence-corrected chi connectivity index (χ3v) is 4.33. The van der Waals surface area contributed by atoms with Gasteiger partial charge >= 0.3 is 0 Å². The van der Waals surface area contributed by atoms with Crippen LogP contribution >= 0.6 is 0 Å². The van der Waals surface area contributed by atoms with Crippen LogP contribution in [0.3, 0.4) is 0 Å². The quantitative estimate of drug-likeness (QED) is 0.645. The van der Waals surface area contributed by atoms with Crippen LogP contribution < -0.4 is 10.6 Å². The van der Waals surface area contributed by atoms with Crippen molar-refractivity contribution in [1.82, 2.24) is 15.6 Å². The molecule has 1 fully saturated rings. The highest BCUT2D eigenvalue weighted by atomic mass is 16.2. The molecule has 4 rings (SSSR count). The van der Waals surface area contributed by atoms with Gasteiger partial charge in [-0.2, -0.15) is 0 Å². The molecule has 5 nitrogen and oxygen atoms in total. The number of para-hydroxylation sites is 1. The Kier molecular flexibility index (Phi) is 3.82. The van der Waals surface area contributed by atoms with E-state index in [1.807, 2.05) is 60.8 Å². The van der Waals surface area contributed by atoms with Gasteiger partial charge in [0.2, 0.25) is 5.91 Å². The van der Waals surface area contributed by atoms with Crippen LogP contribution in [-0.4, -0.2) is 22.8 Å². The van der Waals surface area contributed by atoms with Gasteiger partial charge in [0, 0.05) is 29.1 Å². The molecule has 1 atom stereocenters. The van der Waals surface area contributed by atoms with Crippen molar-refractivity contribution in [2.24, 2.45) is 0 Å². The number of H-pyrrole nitrogens is 1. The molecule has 1 unspecified atom stereocenters. The van der Waals surface area contributed by atoms with Crippen molar-refractivity contribution < 1.29 is 9.59 Å². The van der Waals surface area contributed by atoms with E-state index in [0.29, 0.717) is 6.42 Å². The summed E-state index contributed by atoms with van der Waals surface area (Å²) in [7, 11) is 0. The maximum absolute atomic E-state index is 12.4. The molecule has 3 aromatic rings. The second kappa shape index (κ2) is 6.28. The highest BCUT2D eigenvalue weighted by molar-refractivity contribution is 6.08. The predicted molar refractivity (Wildman–Crippen MR) is 96.5 cm³/mol. The van der Waals surface area contributed by atoms with E-state index in [1.165, 1.54) is 0 Å². The molecule has 0 aliphatic carbocycles. The van der Waals surface area contributed by atoms with Crippen molar-refractivity contribution in [3.8, 4) is 0 Å². The normalized spacial score (nSPS) is 19.0. The van der Waals surface area contributed by atoms with Gasteiger partial charge in [-0.05, 0) is 17.7 Å². The number of fused-ring (bicyclic) bond motifs is 1. The standard InChI is InChI=1S/C20H17N3O2/c24-19-17(10-13-6-2-1-3-7-13)22-20(25)18(23-19)11-14-12-21-16-9-5-4-8-15(14)16/h1-9,11-12,17,21H,10H2,(H,22,25)(H,23,24)/b18-11-. The van der Waals surface area contributed by atoms with E-state index < -0.39 is 6.04 Å². The molecule has 0 radical (unpaired) electrons. The lowest BCUT2D eigenvalue weighted by Crippen LogP contribution is -2.55. The summed E-state index contributed by atoms with van der Waals surface area (Å²) in [5, 5.41) is 6.53. The number of amides is 2. The van der Waals surface area contributed by atoms with Crippen LogP contribution in [0, 0.1) is 0 Å². The van der Waals surface area contributed by atoms with Crippen LogP contribution in [0.2, 0.25) is 0 Å². The minimum Gasteiger partial charge on any atom is -0.361 e. The zero-order valence-corrected chi connectivity index (χ0v) is 13.5. The van der Waals surface area contributed by atoms with E-state index in [1.54, 1.807) is 6.08 Å². The van der Waals surface area contributed by atoms with E-state index in [4.69, 9.17) is 0 Å². The summed E-state index contributed by atoms with van der Waals surface area (Å²) in [4.78, 5) is 27.9.